The van der Waals surface area contributed by atoms with Crippen molar-refractivity contribution < 1.29 is 9.13 Å². The van der Waals surface area contributed by atoms with Crippen molar-refractivity contribution in [3.05, 3.63) is 28.0 Å². The molecule has 1 aromatic carbocycles. The topological polar surface area (TPSA) is 21.3 Å². The summed E-state index contributed by atoms with van der Waals surface area (Å²) in [5.41, 5.74) is 0.890. The SMILES string of the molecule is CNC1c2cc(F)c(Br)cc2OC1C. The molecule has 0 amide bonds. The molecule has 0 aliphatic carbocycles. The van der Waals surface area contributed by atoms with Gasteiger partial charge in [-0.05, 0) is 42.0 Å². The van der Waals surface area contributed by atoms with Crippen LogP contribution in [0.3, 0.4) is 0 Å². The maximum atomic E-state index is 13.3. The Morgan fingerprint density at radius 2 is 2.21 bits per heavy atom. The fraction of sp³-hybridized carbons (Fsp3) is 0.400. The monoisotopic (exact) mass is 259 g/mol. The molecule has 14 heavy (non-hydrogen) atoms. The van der Waals surface area contributed by atoms with Crippen LogP contribution in [-0.2, 0) is 0 Å². The van der Waals surface area contributed by atoms with Gasteiger partial charge in [0.05, 0.1) is 10.5 Å². The van der Waals surface area contributed by atoms with Crippen LogP contribution in [0.25, 0.3) is 0 Å². The molecule has 0 bridgehead atoms. The molecule has 76 valence electrons. The van der Waals surface area contributed by atoms with Gasteiger partial charge in [-0.2, -0.15) is 0 Å². The summed E-state index contributed by atoms with van der Waals surface area (Å²) >= 11 is 3.14. The lowest BCUT2D eigenvalue weighted by Gasteiger charge is -2.12. The van der Waals surface area contributed by atoms with Gasteiger partial charge in [0.1, 0.15) is 17.7 Å². The van der Waals surface area contributed by atoms with Crippen LogP contribution >= 0.6 is 15.9 Å². The Morgan fingerprint density at radius 1 is 1.50 bits per heavy atom. The summed E-state index contributed by atoms with van der Waals surface area (Å²) < 4.78 is 19.3. The highest BCUT2D eigenvalue weighted by molar-refractivity contribution is 9.10. The summed E-state index contributed by atoms with van der Waals surface area (Å²) in [5, 5.41) is 3.11. The van der Waals surface area contributed by atoms with E-state index in [1.165, 1.54) is 6.07 Å². The zero-order valence-corrected chi connectivity index (χ0v) is 9.56. The molecule has 1 aromatic rings. The first-order valence-electron chi connectivity index (χ1n) is 4.46. The van der Waals surface area contributed by atoms with E-state index in [1.807, 2.05) is 14.0 Å². The van der Waals surface area contributed by atoms with Crippen molar-refractivity contribution in [2.75, 3.05) is 7.05 Å². The van der Waals surface area contributed by atoms with Crippen molar-refractivity contribution in [1.82, 2.24) is 5.32 Å². The summed E-state index contributed by atoms with van der Waals surface area (Å²) in [5.74, 6) is 0.506. The number of likely N-dealkylation sites (N-methyl/N-ethyl adjacent to an activating group) is 1. The second kappa shape index (κ2) is 3.51. The van der Waals surface area contributed by atoms with E-state index < -0.39 is 0 Å². The van der Waals surface area contributed by atoms with Gasteiger partial charge in [0, 0.05) is 5.56 Å². The Kier molecular flexibility index (Phi) is 2.49. The molecule has 2 rings (SSSR count). The molecule has 0 radical (unpaired) electrons. The number of halogens is 2. The van der Waals surface area contributed by atoms with E-state index >= 15 is 0 Å². The molecule has 0 saturated heterocycles. The molecule has 2 unspecified atom stereocenters. The largest absolute Gasteiger partial charge is 0.488 e. The van der Waals surface area contributed by atoms with Gasteiger partial charge in [0.2, 0.25) is 0 Å². The average molecular weight is 260 g/mol. The molecule has 1 aliphatic rings. The van der Waals surface area contributed by atoms with Gasteiger partial charge in [-0.25, -0.2) is 4.39 Å². The number of benzene rings is 1. The van der Waals surface area contributed by atoms with Gasteiger partial charge in [-0.3, -0.25) is 0 Å². The lowest BCUT2D eigenvalue weighted by atomic mass is 10.0. The molecule has 1 aliphatic heterocycles. The first kappa shape index (κ1) is 9.93. The zero-order chi connectivity index (χ0) is 10.3. The summed E-state index contributed by atoms with van der Waals surface area (Å²) in [6.45, 7) is 1.97. The van der Waals surface area contributed by atoms with Crippen LogP contribution in [0.15, 0.2) is 16.6 Å². The third-order valence-electron chi connectivity index (χ3n) is 2.48. The van der Waals surface area contributed by atoms with Crippen molar-refractivity contribution >= 4 is 15.9 Å². The van der Waals surface area contributed by atoms with Gasteiger partial charge in [0.15, 0.2) is 0 Å². The van der Waals surface area contributed by atoms with Gasteiger partial charge < -0.3 is 10.1 Å². The minimum Gasteiger partial charge on any atom is -0.488 e. The maximum Gasteiger partial charge on any atom is 0.137 e. The molecule has 0 saturated carbocycles. The van der Waals surface area contributed by atoms with Crippen molar-refractivity contribution in [1.29, 1.82) is 0 Å². The molecule has 4 heteroatoms. The summed E-state index contributed by atoms with van der Waals surface area (Å²) in [6.07, 6.45) is 0.0451. The Labute approximate surface area is 90.6 Å². The van der Waals surface area contributed by atoms with Crippen LogP contribution in [0.1, 0.15) is 18.5 Å². The number of rotatable bonds is 1. The van der Waals surface area contributed by atoms with Crippen molar-refractivity contribution in [2.24, 2.45) is 0 Å². The van der Waals surface area contributed by atoms with Gasteiger partial charge in [0.25, 0.3) is 0 Å². The highest BCUT2D eigenvalue weighted by Gasteiger charge is 2.30. The van der Waals surface area contributed by atoms with Crippen LogP contribution in [0.5, 0.6) is 5.75 Å². The van der Waals surface area contributed by atoms with Crippen molar-refractivity contribution in [3.63, 3.8) is 0 Å². The number of hydrogen-bond donors (Lipinski definition) is 1. The first-order chi connectivity index (χ1) is 6.63. The number of ether oxygens (including phenoxy) is 1. The highest BCUT2D eigenvalue weighted by Crippen LogP contribution is 2.39. The van der Waals surface area contributed by atoms with Crippen LogP contribution in [0.4, 0.5) is 4.39 Å². The second-order valence-electron chi connectivity index (χ2n) is 3.39. The Balaban J connectivity index is 2.49. The number of nitrogens with one attached hydrogen (secondary N) is 1. The van der Waals surface area contributed by atoms with E-state index in [0.29, 0.717) is 4.47 Å². The molecule has 0 spiro atoms. The zero-order valence-electron chi connectivity index (χ0n) is 7.97. The third-order valence-corrected chi connectivity index (χ3v) is 3.09. The summed E-state index contributed by atoms with van der Waals surface area (Å²) in [4.78, 5) is 0. The van der Waals surface area contributed by atoms with Crippen LogP contribution in [0, 0.1) is 5.82 Å². The molecule has 1 heterocycles. The Hall–Kier alpha value is -0.610. The average Bonchev–Trinajstić information content (AvgIpc) is 2.42. The summed E-state index contributed by atoms with van der Waals surface area (Å²) in [6, 6.07) is 3.27. The van der Waals surface area contributed by atoms with Crippen LogP contribution < -0.4 is 10.1 Å². The first-order valence-corrected chi connectivity index (χ1v) is 5.25. The number of hydrogen-bond acceptors (Lipinski definition) is 2. The van der Waals surface area contributed by atoms with Crippen molar-refractivity contribution in [2.45, 2.75) is 19.1 Å². The van der Waals surface area contributed by atoms with Gasteiger partial charge in [-0.1, -0.05) is 0 Å². The fourth-order valence-corrected chi connectivity index (χ4v) is 2.12. The molecule has 1 N–H and O–H groups in total. The quantitative estimate of drug-likeness (QED) is 0.838. The predicted octanol–water partition coefficient (Wildman–Crippen LogP) is 2.63. The smallest absolute Gasteiger partial charge is 0.137 e. The maximum absolute atomic E-state index is 13.3. The molecule has 2 atom stereocenters. The van der Waals surface area contributed by atoms with E-state index in [4.69, 9.17) is 4.74 Å². The molecule has 0 fully saturated rings. The normalized spacial score (nSPS) is 24.6. The molecular formula is C10H11BrFNO. The summed E-state index contributed by atoms with van der Waals surface area (Å²) in [7, 11) is 1.85. The van der Waals surface area contributed by atoms with Gasteiger partial charge in [-0.15, -0.1) is 0 Å². The lowest BCUT2D eigenvalue weighted by molar-refractivity contribution is 0.214. The van der Waals surface area contributed by atoms with Crippen LogP contribution in [0.2, 0.25) is 0 Å². The predicted molar refractivity (Wildman–Crippen MR) is 56.0 cm³/mol. The standard InChI is InChI=1S/C10H11BrFNO/c1-5-10(13-2)6-3-8(12)7(11)4-9(6)14-5/h3-5,10,13H,1-2H3. The van der Waals surface area contributed by atoms with Gasteiger partial charge >= 0.3 is 0 Å². The van der Waals surface area contributed by atoms with Crippen LogP contribution in [-0.4, -0.2) is 13.2 Å². The van der Waals surface area contributed by atoms with E-state index in [-0.39, 0.29) is 18.0 Å². The number of fused-ring (bicyclic) bond motifs is 1. The molecule has 2 nitrogen and oxygen atoms in total. The van der Waals surface area contributed by atoms with E-state index in [9.17, 15) is 4.39 Å². The second-order valence-corrected chi connectivity index (χ2v) is 4.25. The third kappa shape index (κ3) is 1.42. The Bertz CT molecular complexity index is 369. The van der Waals surface area contributed by atoms with E-state index in [0.717, 1.165) is 11.3 Å². The minimum atomic E-state index is -0.248. The van der Waals surface area contributed by atoms with Crippen molar-refractivity contribution in [3.8, 4) is 5.75 Å². The van der Waals surface area contributed by atoms with E-state index in [1.54, 1.807) is 6.07 Å². The minimum absolute atomic E-state index is 0.0451. The Morgan fingerprint density at radius 3 is 2.86 bits per heavy atom. The highest BCUT2D eigenvalue weighted by atomic mass is 79.9. The lowest BCUT2D eigenvalue weighted by Crippen LogP contribution is -2.25. The molecule has 0 aromatic heterocycles. The molecular weight excluding hydrogens is 249 g/mol. The van der Waals surface area contributed by atoms with E-state index in [2.05, 4.69) is 21.2 Å². The fourth-order valence-electron chi connectivity index (χ4n) is 1.80.